The van der Waals surface area contributed by atoms with Crippen molar-refractivity contribution in [1.82, 2.24) is 0 Å². The van der Waals surface area contributed by atoms with E-state index in [2.05, 4.69) is 6.92 Å². The lowest BCUT2D eigenvalue weighted by Crippen LogP contribution is -1.99. The predicted molar refractivity (Wildman–Crippen MR) is 62.4 cm³/mol. The Labute approximate surface area is 93.8 Å². The first kappa shape index (κ1) is 11.9. The lowest BCUT2D eigenvalue weighted by atomic mass is 10.2. The highest BCUT2D eigenvalue weighted by Crippen LogP contribution is 2.16. The SMILES string of the molecule is CC(CCl)CSCc1ccc(F)cc1. The Bertz CT molecular complexity index is 260. The molecule has 0 amide bonds. The maximum Gasteiger partial charge on any atom is 0.123 e. The van der Waals surface area contributed by atoms with Gasteiger partial charge in [0.1, 0.15) is 5.82 Å². The van der Waals surface area contributed by atoms with Crippen molar-refractivity contribution in [1.29, 1.82) is 0 Å². The molecule has 1 atom stereocenters. The van der Waals surface area contributed by atoms with Gasteiger partial charge in [-0.3, -0.25) is 0 Å². The van der Waals surface area contributed by atoms with Gasteiger partial charge in [-0.25, -0.2) is 4.39 Å². The minimum Gasteiger partial charge on any atom is -0.207 e. The summed E-state index contributed by atoms with van der Waals surface area (Å²) >= 11 is 7.53. The highest BCUT2D eigenvalue weighted by Gasteiger charge is 2.00. The Morgan fingerprint density at radius 1 is 1.36 bits per heavy atom. The molecular weight excluding hydrogens is 219 g/mol. The molecule has 0 saturated carbocycles. The van der Waals surface area contributed by atoms with Gasteiger partial charge in [-0.05, 0) is 29.4 Å². The van der Waals surface area contributed by atoms with E-state index in [0.29, 0.717) is 11.8 Å². The van der Waals surface area contributed by atoms with E-state index in [9.17, 15) is 4.39 Å². The maximum atomic E-state index is 12.6. The van der Waals surface area contributed by atoms with Crippen LogP contribution in [0.3, 0.4) is 0 Å². The van der Waals surface area contributed by atoms with E-state index in [1.165, 1.54) is 12.1 Å². The monoisotopic (exact) mass is 232 g/mol. The van der Waals surface area contributed by atoms with E-state index in [4.69, 9.17) is 11.6 Å². The number of halogens is 2. The first-order valence-electron chi connectivity index (χ1n) is 4.60. The zero-order valence-corrected chi connectivity index (χ0v) is 9.74. The smallest absolute Gasteiger partial charge is 0.123 e. The molecule has 0 nitrogen and oxygen atoms in total. The lowest BCUT2D eigenvalue weighted by molar-refractivity contribution is 0.627. The van der Waals surface area contributed by atoms with Gasteiger partial charge >= 0.3 is 0 Å². The van der Waals surface area contributed by atoms with E-state index >= 15 is 0 Å². The largest absolute Gasteiger partial charge is 0.207 e. The molecule has 0 aliphatic carbocycles. The Kier molecular flexibility index (Phi) is 5.34. The van der Waals surface area contributed by atoms with Crippen molar-refractivity contribution < 1.29 is 4.39 Å². The average molecular weight is 233 g/mol. The lowest BCUT2D eigenvalue weighted by Gasteiger charge is -2.06. The summed E-state index contributed by atoms with van der Waals surface area (Å²) in [6, 6.07) is 6.66. The molecule has 14 heavy (non-hydrogen) atoms. The molecule has 3 heteroatoms. The van der Waals surface area contributed by atoms with E-state index in [1.807, 2.05) is 23.9 Å². The second-order valence-electron chi connectivity index (χ2n) is 3.40. The van der Waals surface area contributed by atoms with E-state index in [1.54, 1.807) is 0 Å². The average Bonchev–Trinajstić information content (AvgIpc) is 2.21. The maximum absolute atomic E-state index is 12.6. The molecule has 1 aromatic rings. The van der Waals surface area contributed by atoms with Crippen LogP contribution in [-0.2, 0) is 5.75 Å². The topological polar surface area (TPSA) is 0 Å². The molecule has 1 rings (SSSR count). The van der Waals surface area contributed by atoms with Crippen molar-refractivity contribution in [2.75, 3.05) is 11.6 Å². The van der Waals surface area contributed by atoms with Crippen molar-refractivity contribution in [3.63, 3.8) is 0 Å². The quantitative estimate of drug-likeness (QED) is 0.694. The second-order valence-corrected chi connectivity index (χ2v) is 4.74. The van der Waals surface area contributed by atoms with Gasteiger partial charge in [-0.15, -0.1) is 11.6 Å². The first-order chi connectivity index (χ1) is 6.72. The fourth-order valence-electron chi connectivity index (χ4n) is 1.00. The van der Waals surface area contributed by atoms with Crippen molar-refractivity contribution in [3.05, 3.63) is 35.6 Å². The molecule has 0 aliphatic rings. The molecule has 0 bridgehead atoms. The molecule has 0 spiro atoms. The van der Waals surface area contributed by atoms with Crippen molar-refractivity contribution >= 4 is 23.4 Å². The Morgan fingerprint density at radius 3 is 2.57 bits per heavy atom. The molecule has 0 aromatic heterocycles. The van der Waals surface area contributed by atoms with Crippen molar-refractivity contribution in [3.8, 4) is 0 Å². The van der Waals surface area contributed by atoms with Gasteiger partial charge in [-0.1, -0.05) is 19.1 Å². The molecule has 1 aromatic carbocycles. The van der Waals surface area contributed by atoms with Crippen LogP contribution in [0.5, 0.6) is 0 Å². The van der Waals surface area contributed by atoms with Crippen LogP contribution in [0.1, 0.15) is 12.5 Å². The summed E-state index contributed by atoms with van der Waals surface area (Å²) in [6.07, 6.45) is 0. The minimum atomic E-state index is -0.173. The van der Waals surface area contributed by atoms with Gasteiger partial charge in [-0.2, -0.15) is 11.8 Å². The minimum absolute atomic E-state index is 0.173. The number of thioether (sulfide) groups is 1. The first-order valence-corrected chi connectivity index (χ1v) is 6.29. The number of hydrogen-bond donors (Lipinski definition) is 0. The number of benzene rings is 1. The molecule has 0 radical (unpaired) electrons. The van der Waals surface area contributed by atoms with Crippen LogP contribution < -0.4 is 0 Å². The summed E-state index contributed by atoms with van der Waals surface area (Å²) in [6.45, 7) is 2.13. The van der Waals surface area contributed by atoms with Crippen LogP contribution in [-0.4, -0.2) is 11.6 Å². The molecule has 0 aliphatic heterocycles. The zero-order chi connectivity index (χ0) is 10.4. The van der Waals surface area contributed by atoms with Crippen molar-refractivity contribution in [2.24, 2.45) is 5.92 Å². The highest BCUT2D eigenvalue weighted by atomic mass is 35.5. The van der Waals surface area contributed by atoms with E-state index in [-0.39, 0.29) is 5.82 Å². The Balaban J connectivity index is 2.28. The number of alkyl halides is 1. The van der Waals surface area contributed by atoms with Gasteiger partial charge < -0.3 is 0 Å². The summed E-state index contributed by atoms with van der Waals surface area (Å²) in [5, 5.41) is 0. The van der Waals surface area contributed by atoms with Crippen molar-refractivity contribution in [2.45, 2.75) is 12.7 Å². The van der Waals surface area contributed by atoms with Crippen LogP contribution in [0.25, 0.3) is 0 Å². The zero-order valence-electron chi connectivity index (χ0n) is 8.17. The van der Waals surface area contributed by atoms with Crippen LogP contribution in [0, 0.1) is 11.7 Å². The Morgan fingerprint density at radius 2 is 2.00 bits per heavy atom. The van der Waals surface area contributed by atoms with Gasteiger partial charge in [0, 0.05) is 11.6 Å². The molecule has 1 unspecified atom stereocenters. The Hall–Kier alpha value is -0.210. The van der Waals surface area contributed by atoms with E-state index < -0.39 is 0 Å². The number of hydrogen-bond acceptors (Lipinski definition) is 1. The molecule has 0 N–H and O–H groups in total. The molecular formula is C11H14ClFS. The third kappa shape index (κ3) is 4.34. The van der Waals surface area contributed by atoms with E-state index in [0.717, 1.165) is 17.1 Å². The predicted octanol–water partition coefficient (Wildman–Crippen LogP) is 3.93. The molecule has 78 valence electrons. The van der Waals surface area contributed by atoms with Crippen LogP contribution >= 0.6 is 23.4 Å². The van der Waals surface area contributed by atoms with Crippen LogP contribution in [0.2, 0.25) is 0 Å². The molecule has 0 saturated heterocycles. The normalized spacial score (nSPS) is 12.8. The van der Waals surface area contributed by atoms with Gasteiger partial charge in [0.05, 0.1) is 0 Å². The summed E-state index contributed by atoms with van der Waals surface area (Å²) in [5.41, 5.74) is 1.16. The highest BCUT2D eigenvalue weighted by molar-refractivity contribution is 7.98. The summed E-state index contributed by atoms with van der Waals surface area (Å²) in [4.78, 5) is 0. The summed E-state index contributed by atoms with van der Waals surface area (Å²) in [7, 11) is 0. The fourth-order valence-corrected chi connectivity index (χ4v) is 2.31. The van der Waals surface area contributed by atoms with Crippen LogP contribution in [0.15, 0.2) is 24.3 Å². The third-order valence-electron chi connectivity index (χ3n) is 1.85. The van der Waals surface area contributed by atoms with Gasteiger partial charge in [0.15, 0.2) is 0 Å². The molecule has 0 fully saturated rings. The summed E-state index contributed by atoms with van der Waals surface area (Å²) in [5.74, 6) is 3.06. The molecule has 0 heterocycles. The van der Waals surface area contributed by atoms with Gasteiger partial charge in [0.2, 0.25) is 0 Å². The summed E-state index contributed by atoms with van der Waals surface area (Å²) < 4.78 is 12.6. The number of rotatable bonds is 5. The third-order valence-corrected chi connectivity index (χ3v) is 3.72. The van der Waals surface area contributed by atoms with Crippen LogP contribution in [0.4, 0.5) is 4.39 Å². The fraction of sp³-hybridized carbons (Fsp3) is 0.455. The second kappa shape index (κ2) is 6.31. The van der Waals surface area contributed by atoms with Gasteiger partial charge in [0.25, 0.3) is 0 Å². The standard InChI is InChI=1S/C11H14ClFS/c1-9(6-12)7-14-8-10-2-4-11(13)5-3-10/h2-5,9H,6-8H2,1H3.